The molecule has 2 unspecified atom stereocenters. The zero-order valence-electron chi connectivity index (χ0n) is 10.2. The fraction of sp³-hybridized carbons (Fsp3) is 1.00. The van der Waals surface area contributed by atoms with Crippen LogP contribution in [-0.4, -0.2) is 62.0 Å². The maximum Gasteiger partial charge on any atom is 0.0558 e. The predicted molar refractivity (Wildman–Crippen MR) is 63.5 cm³/mol. The van der Waals surface area contributed by atoms with E-state index < -0.39 is 0 Å². The first-order valence-corrected chi connectivity index (χ1v) is 6.45. The quantitative estimate of drug-likeness (QED) is 0.675. The number of hydrogen-bond donors (Lipinski definition) is 2. The van der Waals surface area contributed by atoms with Crippen LogP contribution in [0.25, 0.3) is 0 Å². The summed E-state index contributed by atoms with van der Waals surface area (Å²) in [5.74, 6) is 0.575. The van der Waals surface area contributed by atoms with Gasteiger partial charge in [0.25, 0.3) is 0 Å². The van der Waals surface area contributed by atoms with Crippen LogP contribution in [-0.2, 0) is 4.74 Å². The van der Waals surface area contributed by atoms with E-state index in [-0.39, 0.29) is 6.61 Å². The Labute approximate surface area is 98.0 Å². The summed E-state index contributed by atoms with van der Waals surface area (Å²) in [4.78, 5) is 2.43. The Hall–Kier alpha value is -0.160. The molecule has 0 radical (unpaired) electrons. The molecule has 2 fully saturated rings. The fourth-order valence-electron chi connectivity index (χ4n) is 2.65. The first kappa shape index (κ1) is 12.3. The lowest BCUT2D eigenvalue weighted by molar-refractivity contribution is 0.0149. The molecule has 1 saturated carbocycles. The first-order chi connectivity index (χ1) is 7.85. The number of aliphatic hydroxyl groups is 1. The summed E-state index contributed by atoms with van der Waals surface area (Å²) in [6, 6.07) is 1.31. The Bertz CT molecular complexity index is 209. The van der Waals surface area contributed by atoms with Crippen LogP contribution in [0.3, 0.4) is 0 Å². The van der Waals surface area contributed by atoms with E-state index in [1.807, 2.05) is 7.05 Å². The monoisotopic (exact) mass is 228 g/mol. The lowest BCUT2D eigenvalue weighted by Gasteiger charge is -2.35. The van der Waals surface area contributed by atoms with Gasteiger partial charge in [-0.2, -0.15) is 0 Å². The molecule has 1 aliphatic carbocycles. The van der Waals surface area contributed by atoms with E-state index in [0.717, 1.165) is 38.8 Å². The Balaban J connectivity index is 1.84. The molecule has 0 aromatic carbocycles. The molecule has 0 aromatic rings. The molecule has 16 heavy (non-hydrogen) atoms. The van der Waals surface area contributed by atoms with E-state index in [0.29, 0.717) is 12.0 Å². The molecule has 1 saturated heterocycles. The largest absolute Gasteiger partial charge is 0.395 e. The highest BCUT2D eigenvalue weighted by molar-refractivity contribution is 4.88. The van der Waals surface area contributed by atoms with Crippen molar-refractivity contribution in [2.24, 2.45) is 5.92 Å². The molecule has 4 nitrogen and oxygen atoms in total. The second kappa shape index (κ2) is 5.96. The fourth-order valence-corrected chi connectivity index (χ4v) is 2.65. The van der Waals surface area contributed by atoms with Gasteiger partial charge in [0.1, 0.15) is 0 Å². The summed E-state index contributed by atoms with van der Waals surface area (Å²) in [6.07, 6.45) is 3.72. The summed E-state index contributed by atoms with van der Waals surface area (Å²) in [6.45, 7) is 3.90. The highest BCUT2D eigenvalue weighted by Gasteiger charge is 2.33. The minimum Gasteiger partial charge on any atom is -0.395 e. The predicted octanol–water partition coefficient (Wildman–Crippen LogP) is 0.0676. The van der Waals surface area contributed by atoms with Gasteiger partial charge in [-0.25, -0.2) is 0 Å². The molecule has 1 heterocycles. The molecule has 2 atom stereocenters. The number of aliphatic hydroxyl groups excluding tert-OH is 1. The topological polar surface area (TPSA) is 44.7 Å². The van der Waals surface area contributed by atoms with Crippen molar-refractivity contribution in [2.45, 2.75) is 31.3 Å². The third kappa shape index (κ3) is 3.17. The molecule has 0 spiro atoms. The third-order valence-corrected chi connectivity index (χ3v) is 3.76. The molecule has 94 valence electrons. The number of nitrogens with zero attached hydrogens (tertiary/aromatic N) is 1. The van der Waals surface area contributed by atoms with Crippen LogP contribution >= 0.6 is 0 Å². The van der Waals surface area contributed by atoms with Crippen molar-refractivity contribution in [2.75, 3.05) is 40.0 Å². The van der Waals surface area contributed by atoms with E-state index >= 15 is 0 Å². The lowest BCUT2D eigenvalue weighted by Crippen LogP contribution is -2.47. The summed E-state index contributed by atoms with van der Waals surface area (Å²) in [7, 11) is 2.04. The second-order valence-electron chi connectivity index (χ2n) is 4.97. The Kier molecular flexibility index (Phi) is 4.58. The number of nitrogens with one attached hydrogen (secondary N) is 1. The van der Waals surface area contributed by atoms with Crippen molar-refractivity contribution >= 4 is 0 Å². The molecule has 4 heteroatoms. The van der Waals surface area contributed by atoms with Crippen molar-refractivity contribution in [1.29, 1.82) is 0 Å². The number of rotatable bonds is 6. The van der Waals surface area contributed by atoms with Gasteiger partial charge in [-0.1, -0.05) is 0 Å². The van der Waals surface area contributed by atoms with Crippen LogP contribution in [0.2, 0.25) is 0 Å². The van der Waals surface area contributed by atoms with E-state index in [1.54, 1.807) is 0 Å². The molecule has 2 N–H and O–H groups in total. The number of ether oxygens (including phenoxy) is 1. The smallest absolute Gasteiger partial charge is 0.0558 e. The zero-order valence-corrected chi connectivity index (χ0v) is 10.2. The van der Waals surface area contributed by atoms with Gasteiger partial charge < -0.3 is 15.2 Å². The first-order valence-electron chi connectivity index (χ1n) is 6.45. The van der Waals surface area contributed by atoms with Gasteiger partial charge in [0.15, 0.2) is 0 Å². The SMILES string of the molecule is CNC1CCOCC1CN(CCO)C1CC1. The van der Waals surface area contributed by atoms with Gasteiger partial charge >= 0.3 is 0 Å². The highest BCUT2D eigenvalue weighted by atomic mass is 16.5. The van der Waals surface area contributed by atoms with Crippen molar-refractivity contribution in [3.05, 3.63) is 0 Å². The van der Waals surface area contributed by atoms with Gasteiger partial charge in [0.2, 0.25) is 0 Å². The van der Waals surface area contributed by atoms with Gasteiger partial charge in [-0.05, 0) is 26.3 Å². The molecule has 2 rings (SSSR count). The average Bonchev–Trinajstić information content (AvgIpc) is 3.13. The number of hydrogen-bond acceptors (Lipinski definition) is 4. The van der Waals surface area contributed by atoms with Crippen LogP contribution in [0.15, 0.2) is 0 Å². The minimum absolute atomic E-state index is 0.272. The minimum atomic E-state index is 0.272. The van der Waals surface area contributed by atoms with Crippen LogP contribution in [0, 0.1) is 5.92 Å². The maximum absolute atomic E-state index is 9.08. The lowest BCUT2D eigenvalue weighted by atomic mass is 9.95. The van der Waals surface area contributed by atoms with Crippen molar-refractivity contribution in [3.63, 3.8) is 0 Å². The molecular weight excluding hydrogens is 204 g/mol. The second-order valence-corrected chi connectivity index (χ2v) is 4.97. The van der Waals surface area contributed by atoms with Gasteiger partial charge in [0, 0.05) is 37.7 Å². The zero-order chi connectivity index (χ0) is 11.4. The van der Waals surface area contributed by atoms with E-state index in [4.69, 9.17) is 9.84 Å². The summed E-state index contributed by atoms with van der Waals surface area (Å²) in [5.41, 5.74) is 0. The highest BCUT2D eigenvalue weighted by Crippen LogP contribution is 2.28. The molecular formula is C12H24N2O2. The summed E-state index contributed by atoms with van der Waals surface area (Å²) in [5, 5.41) is 12.5. The average molecular weight is 228 g/mol. The van der Waals surface area contributed by atoms with Crippen molar-refractivity contribution < 1.29 is 9.84 Å². The Morgan fingerprint density at radius 2 is 2.19 bits per heavy atom. The normalized spacial score (nSPS) is 30.9. The standard InChI is InChI=1S/C12H24N2O2/c1-13-12-4-7-16-9-10(12)8-14(5-6-15)11-2-3-11/h10-13,15H,2-9H2,1H3. The van der Waals surface area contributed by atoms with Gasteiger partial charge in [-0.15, -0.1) is 0 Å². The van der Waals surface area contributed by atoms with Gasteiger partial charge in [-0.3, -0.25) is 4.90 Å². The third-order valence-electron chi connectivity index (χ3n) is 3.76. The van der Waals surface area contributed by atoms with E-state index in [2.05, 4.69) is 10.2 Å². The molecule has 0 amide bonds. The van der Waals surface area contributed by atoms with Crippen LogP contribution in [0.5, 0.6) is 0 Å². The molecule has 0 bridgehead atoms. The van der Waals surface area contributed by atoms with E-state index in [9.17, 15) is 0 Å². The van der Waals surface area contributed by atoms with Crippen LogP contribution in [0.1, 0.15) is 19.3 Å². The maximum atomic E-state index is 9.08. The van der Waals surface area contributed by atoms with Crippen molar-refractivity contribution in [1.82, 2.24) is 10.2 Å². The summed E-state index contributed by atoms with van der Waals surface area (Å²) >= 11 is 0. The van der Waals surface area contributed by atoms with Crippen LogP contribution in [0.4, 0.5) is 0 Å². The molecule has 0 aromatic heterocycles. The van der Waals surface area contributed by atoms with Crippen LogP contribution < -0.4 is 5.32 Å². The summed E-state index contributed by atoms with van der Waals surface area (Å²) < 4.78 is 5.56. The molecule has 1 aliphatic heterocycles. The van der Waals surface area contributed by atoms with E-state index in [1.165, 1.54) is 12.8 Å². The molecule has 2 aliphatic rings. The Morgan fingerprint density at radius 1 is 1.38 bits per heavy atom. The Morgan fingerprint density at radius 3 is 2.81 bits per heavy atom. The van der Waals surface area contributed by atoms with Crippen molar-refractivity contribution in [3.8, 4) is 0 Å². The van der Waals surface area contributed by atoms with Gasteiger partial charge in [0.05, 0.1) is 13.2 Å².